The van der Waals surface area contributed by atoms with Crippen molar-refractivity contribution in [1.82, 2.24) is 4.98 Å². The summed E-state index contributed by atoms with van der Waals surface area (Å²) in [5, 5.41) is 0. The van der Waals surface area contributed by atoms with E-state index in [4.69, 9.17) is 14.3 Å². The van der Waals surface area contributed by atoms with Crippen molar-refractivity contribution in [3.05, 3.63) is 30.1 Å². The van der Waals surface area contributed by atoms with E-state index >= 15 is 0 Å². The SMILES string of the molecule is CC(OP(O)(O)=S)c1ccccn1. The fraction of sp³-hybridized carbons (Fsp3) is 0.286. The number of rotatable bonds is 3. The standard InChI is InChI=1S/C7H10NO3PS/c1-6(11-12(9,10)13)7-4-2-3-5-8-7/h2-6H,1H3,(H2,9,10,13). The maximum atomic E-state index is 8.88. The predicted molar refractivity (Wildman–Crippen MR) is 52.5 cm³/mol. The molecule has 1 unspecified atom stereocenters. The molecule has 1 atom stereocenters. The van der Waals surface area contributed by atoms with E-state index in [0.717, 1.165) is 0 Å². The van der Waals surface area contributed by atoms with Crippen LogP contribution in [-0.2, 0) is 16.3 Å². The lowest BCUT2D eigenvalue weighted by Gasteiger charge is -2.14. The van der Waals surface area contributed by atoms with Crippen molar-refractivity contribution >= 4 is 18.5 Å². The number of pyridine rings is 1. The second-order valence-electron chi connectivity index (χ2n) is 2.49. The van der Waals surface area contributed by atoms with Crippen molar-refractivity contribution in [2.45, 2.75) is 13.0 Å². The highest BCUT2D eigenvalue weighted by molar-refractivity contribution is 8.06. The molecule has 0 aromatic carbocycles. The molecule has 0 saturated carbocycles. The fourth-order valence-electron chi connectivity index (χ4n) is 0.876. The molecule has 2 N–H and O–H groups in total. The van der Waals surface area contributed by atoms with Gasteiger partial charge in [0.05, 0.1) is 5.69 Å². The molecular formula is C7H10NO3PS. The first-order valence-electron chi connectivity index (χ1n) is 3.64. The van der Waals surface area contributed by atoms with Gasteiger partial charge in [0.25, 0.3) is 0 Å². The van der Waals surface area contributed by atoms with Gasteiger partial charge in [-0.3, -0.25) is 9.51 Å². The highest BCUT2D eigenvalue weighted by Crippen LogP contribution is 2.41. The smallest absolute Gasteiger partial charge is 0.322 e. The molecule has 4 nitrogen and oxygen atoms in total. The van der Waals surface area contributed by atoms with E-state index in [2.05, 4.69) is 16.8 Å². The highest BCUT2D eigenvalue weighted by Gasteiger charge is 2.15. The van der Waals surface area contributed by atoms with Crippen LogP contribution < -0.4 is 0 Å². The van der Waals surface area contributed by atoms with Gasteiger partial charge in [-0.25, -0.2) is 0 Å². The topological polar surface area (TPSA) is 62.6 Å². The average molecular weight is 219 g/mol. The van der Waals surface area contributed by atoms with Gasteiger partial charge in [0.1, 0.15) is 6.10 Å². The first-order valence-corrected chi connectivity index (χ1v) is 6.26. The highest BCUT2D eigenvalue weighted by atomic mass is 32.5. The van der Waals surface area contributed by atoms with Crippen molar-refractivity contribution in [2.75, 3.05) is 0 Å². The van der Waals surface area contributed by atoms with Gasteiger partial charge < -0.3 is 9.79 Å². The van der Waals surface area contributed by atoms with Crippen LogP contribution in [0.1, 0.15) is 18.7 Å². The van der Waals surface area contributed by atoms with E-state index in [1.807, 2.05) is 0 Å². The molecule has 0 aliphatic rings. The molecule has 0 amide bonds. The molecule has 1 heterocycles. The Kier molecular flexibility index (Phi) is 3.53. The van der Waals surface area contributed by atoms with Crippen LogP contribution in [0.5, 0.6) is 0 Å². The first-order chi connectivity index (χ1) is 5.99. The number of hydrogen-bond donors (Lipinski definition) is 2. The summed E-state index contributed by atoms with van der Waals surface area (Å²) in [4.78, 5) is 21.7. The van der Waals surface area contributed by atoms with E-state index in [0.29, 0.717) is 5.69 Å². The molecule has 13 heavy (non-hydrogen) atoms. The summed E-state index contributed by atoms with van der Waals surface area (Å²) >= 11 is 4.33. The van der Waals surface area contributed by atoms with Crippen molar-refractivity contribution < 1.29 is 14.3 Å². The third kappa shape index (κ3) is 3.93. The van der Waals surface area contributed by atoms with Gasteiger partial charge in [0.15, 0.2) is 0 Å². The van der Waals surface area contributed by atoms with Crippen LogP contribution in [0.2, 0.25) is 0 Å². The van der Waals surface area contributed by atoms with Crippen LogP contribution in [0.25, 0.3) is 0 Å². The summed E-state index contributed by atoms with van der Waals surface area (Å²) in [5.41, 5.74) is 0.625. The molecule has 1 aromatic rings. The zero-order valence-corrected chi connectivity index (χ0v) is 8.70. The quantitative estimate of drug-likeness (QED) is 0.752. The van der Waals surface area contributed by atoms with E-state index < -0.39 is 12.8 Å². The zero-order valence-electron chi connectivity index (χ0n) is 6.99. The second kappa shape index (κ2) is 4.26. The van der Waals surface area contributed by atoms with Gasteiger partial charge in [0.2, 0.25) is 0 Å². The van der Waals surface area contributed by atoms with Crippen LogP contribution in [0, 0.1) is 0 Å². The first kappa shape index (κ1) is 10.8. The third-order valence-electron chi connectivity index (χ3n) is 1.40. The van der Waals surface area contributed by atoms with E-state index in [1.54, 1.807) is 31.3 Å². The number of hydrogen-bond acceptors (Lipinski definition) is 3. The largest absolute Gasteiger partial charge is 0.325 e. The normalized spacial score (nSPS) is 14.1. The lowest BCUT2D eigenvalue weighted by molar-refractivity contribution is 0.182. The molecule has 6 heteroatoms. The van der Waals surface area contributed by atoms with Gasteiger partial charge in [-0.2, -0.15) is 0 Å². The molecule has 0 aliphatic carbocycles. The lowest BCUT2D eigenvalue weighted by Crippen LogP contribution is -1.99. The Morgan fingerprint density at radius 2 is 2.23 bits per heavy atom. The average Bonchev–Trinajstić information content (AvgIpc) is 2.03. The van der Waals surface area contributed by atoms with Crippen molar-refractivity contribution in [1.29, 1.82) is 0 Å². The van der Waals surface area contributed by atoms with Crippen LogP contribution in [-0.4, -0.2) is 14.8 Å². The van der Waals surface area contributed by atoms with E-state index in [1.165, 1.54) is 0 Å². The minimum atomic E-state index is -3.59. The Morgan fingerprint density at radius 1 is 1.54 bits per heavy atom. The van der Waals surface area contributed by atoms with Crippen LogP contribution in [0.3, 0.4) is 0 Å². The molecule has 1 aromatic heterocycles. The Morgan fingerprint density at radius 3 is 2.69 bits per heavy atom. The second-order valence-corrected chi connectivity index (χ2v) is 5.11. The van der Waals surface area contributed by atoms with Crippen LogP contribution >= 0.6 is 6.72 Å². The predicted octanol–water partition coefficient (Wildman–Crippen LogP) is 1.37. The number of aromatic nitrogens is 1. The molecular weight excluding hydrogens is 209 g/mol. The Balaban J connectivity index is 2.70. The van der Waals surface area contributed by atoms with Crippen molar-refractivity contribution in [2.24, 2.45) is 0 Å². The summed E-state index contributed by atoms with van der Waals surface area (Å²) < 4.78 is 4.80. The van der Waals surface area contributed by atoms with Gasteiger partial charge in [-0.1, -0.05) is 6.07 Å². The Labute approximate surface area is 81.5 Å². The van der Waals surface area contributed by atoms with Gasteiger partial charge in [-0.05, 0) is 30.9 Å². The van der Waals surface area contributed by atoms with Gasteiger partial charge in [-0.15, -0.1) is 0 Å². The maximum Gasteiger partial charge on any atom is 0.322 e. The summed E-state index contributed by atoms with van der Waals surface area (Å²) in [6, 6.07) is 5.29. The molecule has 0 spiro atoms. The van der Waals surface area contributed by atoms with Crippen LogP contribution in [0.4, 0.5) is 0 Å². The summed E-state index contributed by atoms with van der Waals surface area (Å²) in [7, 11) is 0. The minimum Gasteiger partial charge on any atom is -0.325 e. The molecule has 0 aliphatic heterocycles. The molecule has 72 valence electrons. The molecule has 1 rings (SSSR count). The summed E-state index contributed by atoms with van der Waals surface area (Å²) in [5.74, 6) is 0. The zero-order chi connectivity index (χ0) is 9.90. The Bertz CT molecular complexity index is 313. The molecule has 0 fully saturated rings. The van der Waals surface area contributed by atoms with Gasteiger partial charge >= 0.3 is 6.72 Å². The Hall–Kier alpha value is -0.320. The third-order valence-corrected chi connectivity index (χ3v) is 2.25. The monoisotopic (exact) mass is 219 g/mol. The molecule has 0 saturated heterocycles. The number of nitrogens with zero attached hydrogens (tertiary/aromatic N) is 1. The molecule has 0 radical (unpaired) electrons. The van der Waals surface area contributed by atoms with Crippen molar-refractivity contribution in [3.63, 3.8) is 0 Å². The van der Waals surface area contributed by atoms with Crippen molar-refractivity contribution in [3.8, 4) is 0 Å². The van der Waals surface area contributed by atoms with E-state index in [-0.39, 0.29) is 0 Å². The summed E-state index contributed by atoms with van der Waals surface area (Å²) in [6.45, 7) is -1.93. The van der Waals surface area contributed by atoms with Crippen LogP contribution in [0.15, 0.2) is 24.4 Å². The van der Waals surface area contributed by atoms with E-state index in [9.17, 15) is 0 Å². The lowest BCUT2D eigenvalue weighted by atomic mass is 10.2. The van der Waals surface area contributed by atoms with Gasteiger partial charge in [0, 0.05) is 6.20 Å². The molecule has 0 bridgehead atoms. The maximum absolute atomic E-state index is 8.88. The summed E-state index contributed by atoms with van der Waals surface area (Å²) in [6.07, 6.45) is 1.11. The fourth-order valence-corrected chi connectivity index (χ4v) is 1.78. The minimum absolute atomic E-state index is 0.498.